The number of quaternary nitrogens is 1. The van der Waals surface area contributed by atoms with Crippen LogP contribution >= 0.6 is 0 Å². The van der Waals surface area contributed by atoms with Crippen LogP contribution in [0.25, 0.3) is 0 Å². The first-order valence-corrected chi connectivity index (χ1v) is 42.6. The van der Waals surface area contributed by atoms with E-state index in [-0.39, 0.29) is 32.2 Å². The molecule has 103 heavy (non-hydrogen) atoms. The van der Waals surface area contributed by atoms with Crippen molar-refractivity contribution in [2.75, 3.05) is 47.5 Å². The summed E-state index contributed by atoms with van der Waals surface area (Å²) in [6.07, 6.45) is 120. The Morgan fingerprint density at radius 1 is 0.291 bits per heavy atom. The van der Waals surface area contributed by atoms with Gasteiger partial charge >= 0.3 is 17.9 Å². The van der Waals surface area contributed by atoms with Gasteiger partial charge in [-0.25, -0.2) is 4.79 Å². The molecule has 0 aromatic carbocycles. The smallest absolute Gasteiger partial charge is 0.361 e. The van der Waals surface area contributed by atoms with Crippen molar-refractivity contribution >= 4 is 17.9 Å². The molecule has 0 amide bonds. The summed E-state index contributed by atoms with van der Waals surface area (Å²) in [7, 11) is 5.98. The van der Waals surface area contributed by atoms with Gasteiger partial charge in [0.05, 0.1) is 34.4 Å². The van der Waals surface area contributed by atoms with E-state index in [2.05, 4.69) is 172 Å². The summed E-state index contributed by atoms with van der Waals surface area (Å²) in [6.45, 7) is 4.67. The Hall–Kier alpha value is -5.09. The van der Waals surface area contributed by atoms with E-state index in [1.54, 1.807) is 0 Å². The number of rotatable bonds is 78. The largest absolute Gasteiger partial charge is 0.477 e. The van der Waals surface area contributed by atoms with E-state index >= 15 is 0 Å². The van der Waals surface area contributed by atoms with Gasteiger partial charge in [-0.2, -0.15) is 0 Å². The summed E-state index contributed by atoms with van der Waals surface area (Å²) in [5.74, 6) is -2.01. The van der Waals surface area contributed by atoms with Crippen molar-refractivity contribution in [2.24, 2.45) is 0 Å². The molecule has 0 fully saturated rings. The zero-order valence-electron chi connectivity index (χ0n) is 67.4. The van der Waals surface area contributed by atoms with Crippen LogP contribution in [-0.2, 0) is 33.3 Å². The average molecular weight is 1430 g/mol. The predicted octanol–water partition coefficient (Wildman–Crippen LogP) is 27.9. The Morgan fingerprint density at radius 3 is 0.777 bits per heavy atom. The Morgan fingerprint density at radius 2 is 0.524 bits per heavy atom. The molecular weight excluding hydrogens is 1270 g/mol. The number of unbranched alkanes of at least 4 members (excludes halogenated alkanes) is 37. The van der Waals surface area contributed by atoms with Gasteiger partial charge in [-0.15, -0.1) is 0 Å². The van der Waals surface area contributed by atoms with Crippen molar-refractivity contribution in [1.29, 1.82) is 0 Å². The van der Waals surface area contributed by atoms with E-state index in [1.807, 2.05) is 21.1 Å². The number of esters is 2. The van der Waals surface area contributed by atoms with Crippen LogP contribution in [-0.4, -0.2) is 87.4 Å². The molecule has 0 spiro atoms. The molecule has 0 rings (SSSR count). The fourth-order valence-corrected chi connectivity index (χ4v) is 11.9. The highest BCUT2D eigenvalue weighted by Crippen LogP contribution is 2.19. The second-order valence-corrected chi connectivity index (χ2v) is 29.4. The van der Waals surface area contributed by atoms with Crippen molar-refractivity contribution in [3.8, 4) is 0 Å². The van der Waals surface area contributed by atoms with Crippen LogP contribution in [0.4, 0.5) is 0 Å². The van der Waals surface area contributed by atoms with E-state index in [9.17, 15) is 19.5 Å². The Labute approximate surface area is 635 Å². The number of ether oxygens (including phenoxy) is 4. The average Bonchev–Trinajstić information content (AvgIpc) is 1.16. The lowest BCUT2D eigenvalue weighted by molar-refractivity contribution is -0.870. The fourth-order valence-electron chi connectivity index (χ4n) is 11.9. The zero-order chi connectivity index (χ0) is 74.6. The summed E-state index contributed by atoms with van der Waals surface area (Å²) in [4.78, 5) is 37.8. The van der Waals surface area contributed by atoms with Gasteiger partial charge in [-0.05, 0) is 122 Å². The van der Waals surface area contributed by atoms with Crippen LogP contribution in [0.5, 0.6) is 0 Å². The van der Waals surface area contributed by atoms with Crippen molar-refractivity contribution in [2.45, 2.75) is 373 Å². The number of hydrogen-bond donors (Lipinski definition) is 1. The maximum Gasteiger partial charge on any atom is 0.361 e. The number of aliphatic carboxylic acids is 1. The standard InChI is InChI=1S/C94H159NO8/c1-6-8-10-12-14-16-18-20-22-24-26-28-30-32-34-36-38-40-42-44-45-46-47-49-50-52-54-56-58-60-62-64-66-68-70-72-74-76-78-80-82-84-91(96)101-88-90(89-102-94(93(98)99)100-87-86-95(3,4)5)103-92(97)85-83-81-79-77-75-73-71-69-67-65-63-61-59-57-55-53-51-48-43-41-39-37-35-33-31-29-27-25-23-21-19-17-15-13-11-9-7-2/h8-11,14-17,20-23,26-29,33,35,39,41,48,51,55,57,61,63,90,94H,6-7,12-13,18-19,24-25,30-32,34,36-38,40,42-47,49-50,52-54,56,58-60,62,64-89H2,1-5H3/p+1/b10-8-,11-9-,16-14-,17-15-,22-20-,23-21-,28-26-,29-27-,35-33-,41-39-,51-48-,57-55-,63-61-. The van der Waals surface area contributed by atoms with Crippen LogP contribution < -0.4 is 0 Å². The first kappa shape index (κ1) is 97.9. The van der Waals surface area contributed by atoms with E-state index in [4.69, 9.17) is 18.9 Å². The Balaban J connectivity index is 4.01. The van der Waals surface area contributed by atoms with Gasteiger partial charge in [-0.1, -0.05) is 384 Å². The molecule has 588 valence electrons. The third-order valence-corrected chi connectivity index (χ3v) is 18.3. The molecule has 0 saturated heterocycles. The maximum atomic E-state index is 13.0. The number of likely N-dealkylation sites (N-methyl/N-ethyl adjacent to an activating group) is 1. The quantitative estimate of drug-likeness (QED) is 0.0211. The van der Waals surface area contributed by atoms with E-state index in [1.165, 1.54) is 199 Å². The Bertz CT molecular complexity index is 2270. The second kappa shape index (κ2) is 82.6. The van der Waals surface area contributed by atoms with E-state index < -0.39 is 24.3 Å². The molecule has 2 atom stereocenters. The van der Waals surface area contributed by atoms with Gasteiger partial charge in [-0.3, -0.25) is 9.59 Å². The van der Waals surface area contributed by atoms with Gasteiger partial charge in [0.15, 0.2) is 6.10 Å². The van der Waals surface area contributed by atoms with Gasteiger partial charge in [0.1, 0.15) is 13.2 Å². The summed E-state index contributed by atoms with van der Waals surface area (Å²) in [5.41, 5.74) is 0. The molecule has 0 bridgehead atoms. The highest BCUT2D eigenvalue weighted by Gasteiger charge is 2.25. The number of carboxylic acid groups (broad SMARTS) is 1. The molecule has 0 radical (unpaired) electrons. The summed E-state index contributed by atoms with van der Waals surface area (Å²) >= 11 is 0. The van der Waals surface area contributed by atoms with Crippen molar-refractivity contribution in [1.82, 2.24) is 0 Å². The highest BCUT2D eigenvalue weighted by molar-refractivity contribution is 5.71. The van der Waals surface area contributed by atoms with Crippen LogP contribution in [0.15, 0.2) is 158 Å². The van der Waals surface area contributed by atoms with E-state index in [0.29, 0.717) is 23.9 Å². The highest BCUT2D eigenvalue weighted by atomic mass is 16.7. The second-order valence-electron chi connectivity index (χ2n) is 29.4. The lowest BCUT2D eigenvalue weighted by Gasteiger charge is -2.25. The third kappa shape index (κ3) is 84.1. The minimum atomic E-state index is -1.52. The SMILES string of the molecule is CC/C=C\C/C=C\C/C=C\C/C=C\C/C=C\C/C=C\C/C=C\C/C=C\C/C=C\CCCCCCCCCCCC(=O)OC(COC(=O)CCCCCCCCCCCCCCCCCCCCCCCCCCCCCC/C=C\C/C=C\C/C=C\C/C=C\CC)COC(OCC[N+](C)(C)C)C(=O)O. The first-order valence-electron chi connectivity index (χ1n) is 42.6. The topological polar surface area (TPSA) is 108 Å². The van der Waals surface area contributed by atoms with Crippen LogP contribution in [0.2, 0.25) is 0 Å². The third-order valence-electron chi connectivity index (χ3n) is 18.3. The molecule has 2 unspecified atom stereocenters. The molecule has 0 aliphatic carbocycles. The molecule has 0 saturated carbocycles. The maximum absolute atomic E-state index is 13.0. The summed E-state index contributed by atoms with van der Waals surface area (Å²) < 4.78 is 23.1. The summed E-state index contributed by atoms with van der Waals surface area (Å²) in [5, 5.41) is 9.79. The molecule has 0 heterocycles. The number of carboxylic acids is 1. The van der Waals surface area contributed by atoms with Crippen molar-refractivity contribution < 1.29 is 42.9 Å². The number of allylic oxidation sites excluding steroid dienone is 26. The Kier molecular flexibility index (Phi) is 78.5. The lowest BCUT2D eigenvalue weighted by atomic mass is 10.0. The van der Waals surface area contributed by atoms with Crippen LogP contribution in [0.1, 0.15) is 361 Å². The first-order chi connectivity index (χ1) is 50.6. The molecule has 0 aliphatic rings. The number of carbonyl (C=O) groups excluding carboxylic acids is 2. The molecule has 9 nitrogen and oxygen atoms in total. The number of nitrogens with zero attached hydrogens (tertiary/aromatic N) is 1. The minimum absolute atomic E-state index is 0.182. The lowest BCUT2D eigenvalue weighted by Crippen LogP contribution is -2.40. The molecule has 0 aromatic rings. The normalized spacial score (nSPS) is 13.4. The van der Waals surface area contributed by atoms with Gasteiger partial charge in [0.25, 0.3) is 6.29 Å². The van der Waals surface area contributed by atoms with Crippen molar-refractivity contribution in [3.63, 3.8) is 0 Å². The van der Waals surface area contributed by atoms with Crippen LogP contribution in [0, 0.1) is 0 Å². The van der Waals surface area contributed by atoms with Gasteiger partial charge < -0.3 is 28.5 Å². The van der Waals surface area contributed by atoms with Crippen molar-refractivity contribution in [3.05, 3.63) is 158 Å². The molecule has 0 aliphatic heterocycles. The monoisotopic (exact) mass is 1430 g/mol. The van der Waals surface area contributed by atoms with Gasteiger partial charge in [0.2, 0.25) is 0 Å². The molecule has 1 N–H and O–H groups in total. The zero-order valence-corrected chi connectivity index (χ0v) is 67.4. The molecule has 0 aromatic heterocycles. The summed E-state index contributed by atoms with van der Waals surface area (Å²) in [6, 6.07) is 0. The molecular formula is C94H160NO8+. The fraction of sp³-hybridized carbons (Fsp3) is 0.691. The van der Waals surface area contributed by atoms with E-state index in [0.717, 1.165) is 128 Å². The minimum Gasteiger partial charge on any atom is -0.477 e. The molecule has 9 heteroatoms. The van der Waals surface area contributed by atoms with Gasteiger partial charge in [0, 0.05) is 12.8 Å². The number of carbonyl (C=O) groups is 3. The number of hydrogen-bond acceptors (Lipinski definition) is 7. The van der Waals surface area contributed by atoms with Crippen LogP contribution in [0.3, 0.4) is 0 Å². The predicted molar refractivity (Wildman–Crippen MR) is 447 cm³/mol.